The van der Waals surface area contributed by atoms with E-state index in [1.54, 1.807) is 6.07 Å². The molecule has 0 saturated carbocycles. The molecule has 1 aliphatic carbocycles. The minimum Gasteiger partial charge on any atom is -0.372 e. The molecule has 2 aliphatic rings. The van der Waals surface area contributed by atoms with Crippen molar-refractivity contribution in [1.82, 2.24) is 0 Å². The molecule has 4 heteroatoms. The lowest BCUT2D eigenvalue weighted by molar-refractivity contribution is -0.384. The van der Waals surface area contributed by atoms with Crippen molar-refractivity contribution < 1.29 is 4.92 Å². The molecule has 0 spiro atoms. The molecule has 0 fully saturated rings. The topological polar surface area (TPSA) is 55.2 Å². The van der Waals surface area contributed by atoms with Crippen molar-refractivity contribution in [2.75, 3.05) is 5.32 Å². The van der Waals surface area contributed by atoms with Crippen LogP contribution in [0.5, 0.6) is 0 Å². The number of hydrogen-bond donors (Lipinski definition) is 1. The molecule has 0 radical (unpaired) electrons. The highest BCUT2D eigenvalue weighted by Crippen LogP contribution is 2.53. The predicted molar refractivity (Wildman–Crippen MR) is 105 cm³/mol. The molecular weight excluding hydrogens is 324 g/mol. The molecule has 4 nitrogen and oxygen atoms in total. The summed E-state index contributed by atoms with van der Waals surface area (Å²) in [5.74, 6) is 0.635. The molecule has 0 saturated heterocycles. The molecule has 26 heavy (non-hydrogen) atoms. The number of rotatable bonds is 3. The first kappa shape index (κ1) is 16.8. The Bertz CT molecular complexity index is 899. The van der Waals surface area contributed by atoms with Gasteiger partial charge in [0.05, 0.1) is 11.0 Å². The van der Waals surface area contributed by atoms with Gasteiger partial charge < -0.3 is 5.32 Å². The van der Waals surface area contributed by atoms with E-state index in [9.17, 15) is 10.1 Å². The number of benzene rings is 2. The van der Waals surface area contributed by atoms with Crippen LogP contribution in [0.2, 0.25) is 0 Å². The first-order chi connectivity index (χ1) is 12.5. The summed E-state index contributed by atoms with van der Waals surface area (Å²) in [6.07, 6.45) is 6.48. The summed E-state index contributed by atoms with van der Waals surface area (Å²) >= 11 is 0. The summed E-state index contributed by atoms with van der Waals surface area (Å²) in [4.78, 5) is 11.4. The zero-order chi connectivity index (χ0) is 18.4. The molecule has 1 aliphatic heterocycles. The van der Waals surface area contributed by atoms with Crippen LogP contribution in [0.4, 0.5) is 11.4 Å². The van der Waals surface area contributed by atoms with E-state index in [2.05, 4.69) is 55.6 Å². The second-order valence-electron chi connectivity index (χ2n) is 7.45. The van der Waals surface area contributed by atoms with Crippen LogP contribution < -0.4 is 5.32 Å². The van der Waals surface area contributed by atoms with Gasteiger partial charge in [0, 0.05) is 12.0 Å². The summed E-state index contributed by atoms with van der Waals surface area (Å²) in [7, 11) is 0. The van der Waals surface area contributed by atoms with Gasteiger partial charge in [-0.3, -0.25) is 10.1 Å². The number of nitro benzene ring substituents is 1. The Hall–Kier alpha value is -2.62. The number of nitrogens with one attached hydrogen (secondary N) is 1. The maximum Gasteiger partial charge on any atom is 0.292 e. The van der Waals surface area contributed by atoms with Gasteiger partial charge in [-0.05, 0) is 60.4 Å². The predicted octanol–water partition coefficient (Wildman–Crippen LogP) is 5.60. The van der Waals surface area contributed by atoms with Gasteiger partial charge >= 0.3 is 0 Å². The molecule has 0 amide bonds. The number of nitro groups is 1. The third-order valence-corrected chi connectivity index (χ3v) is 6.09. The van der Waals surface area contributed by atoms with Crippen molar-refractivity contribution in [2.24, 2.45) is 5.92 Å². The first-order valence-corrected chi connectivity index (χ1v) is 9.31. The maximum absolute atomic E-state index is 11.7. The van der Waals surface area contributed by atoms with Crippen molar-refractivity contribution >= 4 is 11.4 Å². The van der Waals surface area contributed by atoms with Gasteiger partial charge in [-0.1, -0.05) is 43.3 Å². The lowest BCUT2D eigenvalue weighted by atomic mass is 9.74. The van der Waals surface area contributed by atoms with E-state index in [1.165, 1.54) is 16.7 Å². The van der Waals surface area contributed by atoms with Crippen LogP contribution in [0.3, 0.4) is 0 Å². The van der Waals surface area contributed by atoms with Crippen LogP contribution >= 0.6 is 0 Å². The maximum atomic E-state index is 11.7. The van der Waals surface area contributed by atoms with Crippen LogP contribution in [0, 0.1) is 29.9 Å². The smallest absolute Gasteiger partial charge is 0.292 e. The number of hydrogen-bond acceptors (Lipinski definition) is 3. The standard InChI is InChI=1S/C22H24N2O2/c1-4-15-8-10-16(11-9-15)21-18-7-5-6-17(18)20-14(3)13(2)12-19(24(25)26)22(20)23-21/h5-6,8-12,17-18,21,23H,4,7H2,1-3H3/t17-,18+,21-/m0/s1. The fourth-order valence-corrected chi connectivity index (χ4v) is 4.51. The molecule has 134 valence electrons. The van der Waals surface area contributed by atoms with Crippen molar-refractivity contribution in [2.45, 2.75) is 45.6 Å². The fraction of sp³-hybridized carbons (Fsp3) is 0.364. The zero-order valence-corrected chi connectivity index (χ0v) is 15.5. The van der Waals surface area contributed by atoms with Gasteiger partial charge in [-0.25, -0.2) is 0 Å². The Kier molecular flexibility index (Phi) is 4.06. The normalized spacial score (nSPS) is 23.3. The Morgan fingerprint density at radius 3 is 2.62 bits per heavy atom. The molecule has 2 aromatic carbocycles. The van der Waals surface area contributed by atoms with E-state index in [0.29, 0.717) is 11.6 Å². The van der Waals surface area contributed by atoms with Gasteiger partial charge in [0.1, 0.15) is 5.69 Å². The van der Waals surface area contributed by atoms with Crippen LogP contribution in [-0.4, -0.2) is 4.92 Å². The monoisotopic (exact) mass is 348 g/mol. The number of anilines is 1. The van der Waals surface area contributed by atoms with Gasteiger partial charge in [0.2, 0.25) is 0 Å². The van der Waals surface area contributed by atoms with E-state index >= 15 is 0 Å². The summed E-state index contributed by atoms with van der Waals surface area (Å²) in [6, 6.07) is 10.5. The molecule has 0 unspecified atom stereocenters. The largest absolute Gasteiger partial charge is 0.372 e. The molecule has 1 heterocycles. The SMILES string of the molecule is CCc1ccc([C@@H]2Nc3c([N+](=O)[O-])cc(C)c(C)c3[C@H]3C=CC[C@H]32)cc1. The van der Waals surface area contributed by atoms with E-state index in [4.69, 9.17) is 0 Å². The minimum absolute atomic E-state index is 0.0919. The van der Waals surface area contributed by atoms with Gasteiger partial charge in [0.15, 0.2) is 0 Å². The van der Waals surface area contributed by atoms with Gasteiger partial charge in [-0.15, -0.1) is 0 Å². The van der Waals surface area contributed by atoms with Crippen LogP contribution in [0.25, 0.3) is 0 Å². The second kappa shape index (κ2) is 6.27. The molecular formula is C22H24N2O2. The number of allylic oxidation sites excluding steroid dienone is 2. The molecule has 0 aromatic heterocycles. The Morgan fingerprint density at radius 1 is 1.23 bits per heavy atom. The molecule has 3 atom stereocenters. The Labute approximate surface area is 154 Å². The van der Waals surface area contributed by atoms with Crippen molar-refractivity contribution in [3.63, 3.8) is 0 Å². The van der Waals surface area contributed by atoms with Crippen LogP contribution in [0.1, 0.15) is 53.1 Å². The third kappa shape index (κ3) is 2.52. The first-order valence-electron chi connectivity index (χ1n) is 9.31. The Balaban J connectivity index is 1.86. The van der Waals surface area contributed by atoms with Crippen molar-refractivity contribution in [3.8, 4) is 0 Å². The third-order valence-electron chi connectivity index (χ3n) is 6.09. The fourth-order valence-electron chi connectivity index (χ4n) is 4.51. The highest BCUT2D eigenvalue weighted by Gasteiger charge is 2.41. The van der Waals surface area contributed by atoms with E-state index in [1.807, 2.05) is 6.92 Å². The Morgan fingerprint density at radius 2 is 1.96 bits per heavy atom. The van der Waals surface area contributed by atoms with Crippen molar-refractivity contribution in [1.29, 1.82) is 0 Å². The van der Waals surface area contributed by atoms with Crippen molar-refractivity contribution in [3.05, 3.63) is 80.4 Å². The summed E-state index contributed by atoms with van der Waals surface area (Å²) < 4.78 is 0. The summed E-state index contributed by atoms with van der Waals surface area (Å²) in [6.45, 7) is 6.19. The van der Waals surface area contributed by atoms with Gasteiger partial charge in [-0.2, -0.15) is 0 Å². The average Bonchev–Trinajstić information content (AvgIpc) is 3.13. The summed E-state index contributed by atoms with van der Waals surface area (Å²) in [5, 5.41) is 15.3. The second-order valence-corrected chi connectivity index (χ2v) is 7.45. The van der Waals surface area contributed by atoms with E-state index in [-0.39, 0.29) is 22.6 Å². The zero-order valence-electron chi connectivity index (χ0n) is 15.5. The average molecular weight is 348 g/mol. The molecule has 0 bridgehead atoms. The number of aryl methyl sites for hydroxylation is 2. The van der Waals surface area contributed by atoms with Gasteiger partial charge in [0.25, 0.3) is 5.69 Å². The highest BCUT2D eigenvalue weighted by atomic mass is 16.6. The lowest BCUT2D eigenvalue weighted by Gasteiger charge is -2.38. The quantitative estimate of drug-likeness (QED) is 0.446. The number of nitrogens with zero attached hydrogens (tertiary/aromatic N) is 1. The number of fused-ring (bicyclic) bond motifs is 3. The van der Waals surface area contributed by atoms with E-state index < -0.39 is 0 Å². The molecule has 4 rings (SSSR count). The summed E-state index contributed by atoms with van der Waals surface area (Å²) in [5.41, 5.74) is 6.67. The molecule has 1 N–H and O–H groups in total. The molecule has 2 aromatic rings. The minimum atomic E-state index is -0.255. The van der Waals surface area contributed by atoms with E-state index in [0.717, 1.165) is 24.0 Å². The lowest BCUT2D eigenvalue weighted by Crippen LogP contribution is -2.30. The van der Waals surface area contributed by atoms with Crippen LogP contribution in [0.15, 0.2) is 42.5 Å². The highest BCUT2D eigenvalue weighted by molar-refractivity contribution is 5.74. The van der Waals surface area contributed by atoms with Crippen LogP contribution in [-0.2, 0) is 6.42 Å².